The van der Waals surface area contributed by atoms with E-state index in [1.54, 1.807) is 13.2 Å². The maximum absolute atomic E-state index is 12.5. The van der Waals surface area contributed by atoms with Crippen LogP contribution in [-0.2, 0) is 14.8 Å². The standard InChI is InChI=1S/C15H23ClN2O4S.ClH/c1-21-11-15(5-7-17-8-6-15)10-18-23(19,20)12-3-4-14(22-2)13(16)9-12;/h3-4,9,17-18H,5-8,10-11H2,1-2H3;1H. The zero-order valence-corrected chi connectivity index (χ0v) is 16.2. The molecule has 0 amide bonds. The molecule has 0 aliphatic carbocycles. The lowest BCUT2D eigenvalue weighted by Crippen LogP contribution is -2.47. The smallest absolute Gasteiger partial charge is 0.240 e. The average molecular weight is 399 g/mol. The minimum absolute atomic E-state index is 0. The second-order valence-electron chi connectivity index (χ2n) is 5.80. The van der Waals surface area contributed by atoms with Gasteiger partial charge in [0.1, 0.15) is 5.75 Å². The van der Waals surface area contributed by atoms with Crippen LogP contribution in [0.3, 0.4) is 0 Å². The summed E-state index contributed by atoms with van der Waals surface area (Å²) in [6.45, 7) is 2.59. The van der Waals surface area contributed by atoms with E-state index in [2.05, 4.69) is 10.0 Å². The first-order valence-corrected chi connectivity index (χ1v) is 9.31. The molecule has 0 spiro atoms. The van der Waals surface area contributed by atoms with Crippen molar-refractivity contribution >= 4 is 34.0 Å². The van der Waals surface area contributed by atoms with Crippen LogP contribution in [0.1, 0.15) is 12.8 Å². The third-order valence-corrected chi connectivity index (χ3v) is 5.88. The number of ether oxygens (including phenoxy) is 2. The first kappa shape index (κ1) is 21.5. The summed E-state index contributed by atoms with van der Waals surface area (Å²) in [6.07, 6.45) is 1.74. The average Bonchev–Trinajstić information content (AvgIpc) is 2.54. The summed E-state index contributed by atoms with van der Waals surface area (Å²) in [5, 5.41) is 3.55. The number of rotatable bonds is 7. The Bertz CT molecular complexity index is 629. The molecule has 0 atom stereocenters. The van der Waals surface area contributed by atoms with Crippen molar-refractivity contribution in [3.8, 4) is 5.75 Å². The van der Waals surface area contributed by atoms with Crippen LogP contribution in [0, 0.1) is 5.41 Å². The van der Waals surface area contributed by atoms with E-state index in [9.17, 15) is 8.42 Å². The van der Waals surface area contributed by atoms with Crippen molar-refractivity contribution in [1.82, 2.24) is 10.0 Å². The molecule has 0 unspecified atom stereocenters. The molecule has 0 aromatic heterocycles. The molecule has 0 bridgehead atoms. The van der Waals surface area contributed by atoms with Crippen LogP contribution in [0.15, 0.2) is 23.1 Å². The maximum Gasteiger partial charge on any atom is 0.240 e. The minimum Gasteiger partial charge on any atom is -0.495 e. The minimum atomic E-state index is -3.63. The van der Waals surface area contributed by atoms with Gasteiger partial charge in [-0.3, -0.25) is 0 Å². The van der Waals surface area contributed by atoms with Gasteiger partial charge in [0, 0.05) is 19.1 Å². The number of nitrogens with one attached hydrogen (secondary N) is 2. The molecule has 2 rings (SSSR count). The molecule has 24 heavy (non-hydrogen) atoms. The summed E-state index contributed by atoms with van der Waals surface area (Å²) in [6, 6.07) is 4.43. The summed E-state index contributed by atoms with van der Waals surface area (Å²) in [7, 11) is -0.504. The number of methoxy groups -OCH3 is 2. The molecule has 1 aliphatic heterocycles. The first-order chi connectivity index (χ1) is 10.9. The number of benzene rings is 1. The fraction of sp³-hybridized carbons (Fsp3) is 0.600. The Labute approximate surface area is 154 Å². The monoisotopic (exact) mass is 398 g/mol. The molecule has 9 heteroatoms. The number of hydrogen-bond acceptors (Lipinski definition) is 5. The number of piperidine rings is 1. The Hall–Kier alpha value is -0.570. The van der Waals surface area contributed by atoms with Gasteiger partial charge in [0.2, 0.25) is 10.0 Å². The Morgan fingerprint density at radius 1 is 1.29 bits per heavy atom. The number of halogens is 2. The Morgan fingerprint density at radius 3 is 2.50 bits per heavy atom. The molecule has 1 fully saturated rings. The molecule has 2 N–H and O–H groups in total. The molecule has 6 nitrogen and oxygen atoms in total. The highest BCUT2D eigenvalue weighted by Crippen LogP contribution is 2.30. The zero-order valence-electron chi connectivity index (χ0n) is 13.8. The third kappa shape index (κ3) is 5.21. The Morgan fingerprint density at radius 2 is 1.96 bits per heavy atom. The molecule has 138 valence electrons. The predicted octanol–water partition coefficient (Wildman–Crippen LogP) is 2.06. The largest absolute Gasteiger partial charge is 0.495 e. The van der Waals surface area contributed by atoms with E-state index in [0.29, 0.717) is 18.9 Å². The van der Waals surface area contributed by atoms with E-state index in [4.69, 9.17) is 21.1 Å². The Balaban J connectivity index is 0.00000288. The highest BCUT2D eigenvalue weighted by atomic mass is 35.5. The first-order valence-electron chi connectivity index (χ1n) is 7.45. The highest BCUT2D eigenvalue weighted by Gasteiger charge is 2.33. The molecule has 1 aromatic rings. The van der Waals surface area contributed by atoms with Gasteiger partial charge >= 0.3 is 0 Å². The summed E-state index contributed by atoms with van der Waals surface area (Å²) in [5.41, 5.74) is -0.177. The summed E-state index contributed by atoms with van der Waals surface area (Å²) in [4.78, 5) is 0.129. The van der Waals surface area contributed by atoms with Gasteiger partial charge in [-0.1, -0.05) is 11.6 Å². The lowest BCUT2D eigenvalue weighted by molar-refractivity contribution is 0.0577. The van der Waals surface area contributed by atoms with Gasteiger partial charge in [-0.2, -0.15) is 0 Å². The fourth-order valence-corrected chi connectivity index (χ4v) is 4.29. The van der Waals surface area contributed by atoms with Crippen molar-refractivity contribution in [2.45, 2.75) is 17.7 Å². The second-order valence-corrected chi connectivity index (χ2v) is 7.98. The van der Waals surface area contributed by atoms with E-state index in [1.165, 1.54) is 19.2 Å². The molecular weight excluding hydrogens is 375 g/mol. The lowest BCUT2D eigenvalue weighted by Gasteiger charge is -2.37. The van der Waals surface area contributed by atoms with Crippen molar-refractivity contribution < 1.29 is 17.9 Å². The van der Waals surface area contributed by atoms with E-state index in [-0.39, 0.29) is 27.7 Å². The van der Waals surface area contributed by atoms with Crippen molar-refractivity contribution in [2.24, 2.45) is 5.41 Å². The summed E-state index contributed by atoms with van der Waals surface area (Å²) in [5.74, 6) is 0.444. The van der Waals surface area contributed by atoms with Crippen molar-refractivity contribution in [3.05, 3.63) is 23.2 Å². The van der Waals surface area contributed by atoms with E-state index >= 15 is 0 Å². The zero-order chi connectivity index (χ0) is 16.9. The van der Waals surface area contributed by atoms with Crippen LogP contribution in [0.2, 0.25) is 5.02 Å². The molecule has 1 saturated heterocycles. The maximum atomic E-state index is 12.5. The number of hydrogen-bond donors (Lipinski definition) is 2. The van der Waals surface area contributed by atoms with Crippen molar-refractivity contribution in [1.29, 1.82) is 0 Å². The van der Waals surface area contributed by atoms with E-state index < -0.39 is 10.0 Å². The van der Waals surface area contributed by atoms with Gasteiger partial charge in [0.25, 0.3) is 0 Å². The third-order valence-electron chi connectivity index (χ3n) is 4.19. The topological polar surface area (TPSA) is 76.7 Å². The molecular formula is C15H24Cl2N2O4S. The quantitative estimate of drug-likeness (QED) is 0.734. The van der Waals surface area contributed by atoms with Crippen LogP contribution in [-0.4, -0.2) is 48.9 Å². The van der Waals surface area contributed by atoms with Gasteiger partial charge in [-0.05, 0) is 44.1 Å². The van der Waals surface area contributed by atoms with Crippen molar-refractivity contribution in [2.75, 3.05) is 40.5 Å². The second kappa shape index (κ2) is 9.22. The molecule has 1 heterocycles. The summed E-state index contributed by atoms with van der Waals surface area (Å²) < 4.78 is 38.1. The van der Waals surface area contributed by atoms with Crippen LogP contribution in [0.25, 0.3) is 0 Å². The van der Waals surface area contributed by atoms with Crippen LogP contribution >= 0.6 is 24.0 Å². The van der Waals surface area contributed by atoms with Gasteiger partial charge in [0.05, 0.1) is 23.6 Å². The van der Waals surface area contributed by atoms with Crippen molar-refractivity contribution in [3.63, 3.8) is 0 Å². The summed E-state index contributed by atoms with van der Waals surface area (Å²) >= 11 is 6.02. The molecule has 0 saturated carbocycles. The lowest BCUT2D eigenvalue weighted by atomic mass is 9.80. The van der Waals surface area contributed by atoms with Crippen LogP contribution < -0.4 is 14.8 Å². The van der Waals surface area contributed by atoms with Gasteiger partial charge in [-0.25, -0.2) is 13.1 Å². The van der Waals surface area contributed by atoms with Crippen LogP contribution in [0.5, 0.6) is 5.75 Å². The normalized spacial score (nSPS) is 17.1. The molecule has 1 aromatic carbocycles. The number of sulfonamides is 1. The van der Waals surface area contributed by atoms with E-state index in [1.807, 2.05) is 0 Å². The predicted molar refractivity (Wildman–Crippen MR) is 96.9 cm³/mol. The highest BCUT2D eigenvalue weighted by molar-refractivity contribution is 7.89. The van der Waals surface area contributed by atoms with E-state index in [0.717, 1.165) is 25.9 Å². The fourth-order valence-electron chi connectivity index (χ4n) is 2.78. The van der Waals surface area contributed by atoms with Gasteiger partial charge < -0.3 is 14.8 Å². The molecule has 0 radical (unpaired) electrons. The van der Waals surface area contributed by atoms with Gasteiger partial charge in [-0.15, -0.1) is 12.4 Å². The SMILES string of the molecule is COCC1(CNS(=O)(=O)c2ccc(OC)c(Cl)c2)CCNCC1.Cl. The van der Waals surface area contributed by atoms with Crippen LogP contribution in [0.4, 0.5) is 0 Å². The molecule has 1 aliphatic rings. The Kier molecular flexibility index (Phi) is 8.25. The van der Waals surface area contributed by atoms with Gasteiger partial charge in [0.15, 0.2) is 0 Å².